The van der Waals surface area contributed by atoms with Gasteiger partial charge in [-0.05, 0) is 48.8 Å². The van der Waals surface area contributed by atoms with Crippen LogP contribution in [0.3, 0.4) is 0 Å². The molecular formula is C26H28N2O3. The van der Waals surface area contributed by atoms with Crippen molar-refractivity contribution >= 4 is 22.8 Å². The maximum atomic E-state index is 13.1. The molecule has 1 N–H and O–H groups in total. The SMILES string of the molecule is C[C@H](CNC(=O)COC(=O)c1c2c(nc3ccccc13)CCCCC2)c1ccccc1. The lowest BCUT2D eigenvalue weighted by atomic mass is 9.97. The second-order valence-electron chi connectivity index (χ2n) is 8.18. The van der Waals surface area contributed by atoms with Gasteiger partial charge in [0.2, 0.25) is 0 Å². The largest absolute Gasteiger partial charge is 0.452 e. The van der Waals surface area contributed by atoms with Crippen LogP contribution in [0.5, 0.6) is 0 Å². The van der Waals surface area contributed by atoms with Gasteiger partial charge in [0.25, 0.3) is 5.91 Å². The first kappa shape index (κ1) is 21.0. The average molecular weight is 417 g/mol. The van der Waals surface area contributed by atoms with E-state index >= 15 is 0 Å². The summed E-state index contributed by atoms with van der Waals surface area (Å²) in [6.07, 6.45) is 4.93. The number of nitrogens with zero attached hydrogens (tertiary/aromatic N) is 1. The summed E-state index contributed by atoms with van der Waals surface area (Å²) in [5.41, 5.74) is 4.51. The summed E-state index contributed by atoms with van der Waals surface area (Å²) in [6, 6.07) is 17.7. The van der Waals surface area contributed by atoms with Crippen molar-refractivity contribution in [3.63, 3.8) is 0 Å². The maximum Gasteiger partial charge on any atom is 0.339 e. The van der Waals surface area contributed by atoms with Crippen molar-refractivity contribution in [3.05, 3.63) is 77.0 Å². The Morgan fingerprint density at radius 3 is 2.58 bits per heavy atom. The van der Waals surface area contributed by atoms with Crippen LogP contribution in [0.15, 0.2) is 54.6 Å². The first-order valence-corrected chi connectivity index (χ1v) is 11.0. The zero-order valence-electron chi connectivity index (χ0n) is 17.9. The van der Waals surface area contributed by atoms with Crippen LogP contribution in [-0.4, -0.2) is 30.0 Å². The second-order valence-corrected chi connectivity index (χ2v) is 8.18. The Labute approximate surface area is 182 Å². The molecule has 5 heteroatoms. The lowest BCUT2D eigenvalue weighted by Gasteiger charge is -2.15. The van der Waals surface area contributed by atoms with E-state index in [9.17, 15) is 9.59 Å². The van der Waals surface area contributed by atoms with Crippen LogP contribution in [0, 0.1) is 0 Å². The van der Waals surface area contributed by atoms with Crippen molar-refractivity contribution in [2.24, 2.45) is 0 Å². The van der Waals surface area contributed by atoms with E-state index < -0.39 is 5.97 Å². The molecule has 0 saturated heterocycles. The van der Waals surface area contributed by atoms with Gasteiger partial charge in [0.15, 0.2) is 6.61 Å². The summed E-state index contributed by atoms with van der Waals surface area (Å²) in [6.45, 7) is 2.26. The molecule has 160 valence electrons. The van der Waals surface area contributed by atoms with Crippen molar-refractivity contribution in [1.29, 1.82) is 0 Å². The number of carbonyl (C=O) groups excluding carboxylic acids is 2. The molecule has 1 aromatic heterocycles. The van der Waals surface area contributed by atoms with Gasteiger partial charge in [-0.2, -0.15) is 0 Å². The number of pyridine rings is 1. The molecule has 0 saturated carbocycles. The third-order valence-corrected chi connectivity index (χ3v) is 5.93. The summed E-state index contributed by atoms with van der Waals surface area (Å²) in [7, 11) is 0. The van der Waals surface area contributed by atoms with E-state index in [0.29, 0.717) is 12.1 Å². The van der Waals surface area contributed by atoms with Crippen LogP contribution in [0.1, 0.15) is 59.3 Å². The number of esters is 1. The van der Waals surface area contributed by atoms with Gasteiger partial charge in [-0.3, -0.25) is 9.78 Å². The summed E-state index contributed by atoms with van der Waals surface area (Å²) in [5, 5.41) is 3.67. The quantitative estimate of drug-likeness (QED) is 0.472. The number of aromatic nitrogens is 1. The number of amides is 1. The van der Waals surface area contributed by atoms with Gasteiger partial charge in [-0.1, -0.05) is 61.9 Å². The lowest BCUT2D eigenvalue weighted by molar-refractivity contribution is -0.124. The normalized spacial score (nSPS) is 14.4. The highest BCUT2D eigenvalue weighted by Crippen LogP contribution is 2.29. The number of benzene rings is 2. The van der Waals surface area contributed by atoms with E-state index in [1.54, 1.807) is 0 Å². The summed E-state index contributed by atoms with van der Waals surface area (Å²) in [5.74, 6) is -0.552. The molecule has 0 aliphatic heterocycles. The number of nitrogens with one attached hydrogen (secondary N) is 1. The summed E-state index contributed by atoms with van der Waals surface area (Å²) in [4.78, 5) is 30.2. The Kier molecular flexibility index (Phi) is 6.60. The summed E-state index contributed by atoms with van der Waals surface area (Å²) < 4.78 is 5.46. The molecule has 0 bridgehead atoms. The van der Waals surface area contributed by atoms with Gasteiger partial charge in [0.1, 0.15) is 0 Å². The van der Waals surface area contributed by atoms with Crippen LogP contribution >= 0.6 is 0 Å². The Bertz CT molecular complexity index is 1080. The third-order valence-electron chi connectivity index (χ3n) is 5.93. The molecule has 1 amide bonds. The predicted molar refractivity (Wildman–Crippen MR) is 121 cm³/mol. The maximum absolute atomic E-state index is 13.1. The number of hydrogen-bond acceptors (Lipinski definition) is 4. The molecule has 5 nitrogen and oxygen atoms in total. The van der Waals surface area contributed by atoms with Crippen LogP contribution in [0.25, 0.3) is 10.9 Å². The van der Waals surface area contributed by atoms with Gasteiger partial charge < -0.3 is 10.1 Å². The van der Waals surface area contributed by atoms with Gasteiger partial charge in [0.05, 0.1) is 11.1 Å². The fourth-order valence-corrected chi connectivity index (χ4v) is 4.20. The van der Waals surface area contributed by atoms with Gasteiger partial charge in [-0.15, -0.1) is 0 Å². The second kappa shape index (κ2) is 9.73. The lowest BCUT2D eigenvalue weighted by Crippen LogP contribution is -2.32. The molecule has 0 fully saturated rings. The number of carbonyl (C=O) groups is 2. The topological polar surface area (TPSA) is 68.3 Å². The molecular weight excluding hydrogens is 388 g/mol. The molecule has 4 rings (SSSR count). The molecule has 1 heterocycles. The van der Waals surface area contributed by atoms with Gasteiger partial charge in [-0.25, -0.2) is 4.79 Å². The highest BCUT2D eigenvalue weighted by atomic mass is 16.5. The van der Waals surface area contributed by atoms with Crippen LogP contribution in [0.4, 0.5) is 0 Å². The molecule has 2 aromatic carbocycles. The van der Waals surface area contributed by atoms with Crippen molar-refractivity contribution in [1.82, 2.24) is 10.3 Å². The Morgan fingerprint density at radius 1 is 1.00 bits per heavy atom. The molecule has 1 atom stereocenters. The third kappa shape index (κ3) is 4.93. The van der Waals surface area contributed by atoms with E-state index in [0.717, 1.165) is 59.8 Å². The van der Waals surface area contributed by atoms with Crippen LogP contribution in [-0.2, 0) is 22.4 Å². The van der Waals surface area contributed by atoms with Crippen molar-refractivity contribution in [3.8, 4) is 0 Å². The smallest absolute Gasteiger partial charge is 0.339 e. The van der Waals surface area contributed by atoms with Gasteiger partial charge >= 0.3 is 5.97 Å². The number of hydrogen-bond donors (Lipinski definition) is 1. The number of aryl methyl sites for hydroxylation is 1. The molecule has 1 aliphatic rings. The van der Waals surface area contributed by atoms with Gasteiger partial charge in [0, 0.05) is 17.6 Å². The predicted octanol–water partition coefficient (Wildman–Crippen LogP) is 4.58. The first-order valence-electron chi connectivity index (χ1n) is 11.0. The van der Waals surface area contributed by atoms with E-state index in [1.165, 1.54) is 0 Å². The standard InChI is InChI=1S/C26H28N2O3/c1-18(19-10-4-2-5-11-19)16-27-24(29)17-31-26(30)25-20-12-6-3-7-14-22(20)28-23-15-9-8-13-21(23)25/h2,4-5,8-11,13,15,18H,3,6-7,12,14,16-17H2,1H3,(H,27,29)/t18-/m1/s1. The molecule has 3 aromatic rings. The molecule has 31 heavy (non-hydrogen) atoms. The van der Waals surface area contributed by atoms with Crippen molar-refractivity contribution in [2.45, 2.75) is 44.9 Å². The Balaban J connectivity index is 1.45. The molecule has 0 radical (unpaired) electrons. The van der Waals surface area contributed by atoms with Crippen LogP contribution < -0.4 is 5.32 Å². The van der Waals surface area contributed by atoms with Crippen molar-refractivity contribution in [2.75, 3.05) is 13.2 Å². The van der Waals surface area contributed by atoms with E-state index in [4.69, 9.17) is 9.72 Å². The Morgan fingerprint density at radius 2 is 1.74 bits per heavy atom. The van der Waals surface area contributed by atoms with Crippen LogP contribution in [0.2, 0.25) is 0 Å². The van der Waals surface area contributed by atoms with E-state index in [1.807, 2.05) is 54.6 Å². The van der Waals surface area contributed by atoms with E-state index in [2.05, 4.69) is 12.2 Å². The van der Waals surface area contributed by atoms with E-state index in [-0.39, 0.29) is 18.4 Å². The van der Waals surface area contributed by atoms with Crippen molar-refractivity contribution < 1.29 is 14.3 Å². The minimum absolute atomic E-state index is 0.181. The molecule has 1 aliphatic carbocycles. The number of rotatable bonds is 6. The highest BCUT2D eigenvalue weighted by Gasteiger charge is 2.23. The minimum atomic E-state index is -0.442. The summed E-state index contributed by atoms with van der Waals surface area (Å²) >= 11 is 0. The minimum Gasteiger partial charge on any atom is -0.452 e. The highest BCUT2D eigenvalue weighted by molar-refractivity contribution is 6.05. The average Bonchev–Trinajstić information content (AvgIpc) is 3.05. The number of para-hydroxylation sites is 1. The fourth-order valence-electron chi connectivity index (χ4n) is 4.20. The first-order chi connectivity index (χ1) is 15.1. The molecule has 0 unspecified atom stereocenters. The number of fused-ring (bicyclic) bond motifs is 2. The monoisotopic (exact) mass is 416 g/mol. The Hall–Kier alpha value is -3.21. The molecule has 0 spiro atoms. The number of ether oxygens (including phenoxy) is 1. The zero-order chi connectivity index (χ0) is 21.6. The zero-order valence-corrected chi connectivity index (χ0v) is 17.9. The fraction of sp³-hybridized carbons (Fsp3) is 0.346.